The maximum absolute atomic E-state index is 12.0. The van der Waals surface area contributed by atoms with Crippen molar-refractivity contribution in [3.05, 3.63) is 62.3 Å². The SMILES string of the molecule is Cc1ccc(-c2csc(NC(=O)CNC(=O)c3cccc([N+](=O)[O-])c3)n2)s1. The second-order valence-electron chi connectivity index (χ2n) is 5.49. The van der Waals surface area contributed by atoms with Gasteiger partial charge >= 0.3 is 0 Å². The molecule has 0 aliphatic heterocycles. The lowest BCUT2D eigenvalue weighted by Gasteiger charge is -2.05. The van der Waals surface area contributed by atoms with E-state index in [4.69, 9.17) is 0 Å². The molecule has 0 saturated heterocycles. The van der Waals surface area contributed by atoms with E-state index < -0.39 is 16.7 Å². The summed E-state index contributed by atoms with van der Waals surface area (Å²) in [6.07, 6.45) is 0. The fourth-order valence-corrected chi connectivity index (χ4v) is 3.83. The molecule has 0 aliphatic carbocycles. The molecule has 0 fully saturated rings. The van der Waals surface area contributed by atoms with E-state index in [0.717, 1.165) is 16.6 Å². The van der Waals surface area contributed by atoms with Gasteiger partial charge in [-0.25, -0.2) is 4.98 Å². The molecule has 2 N–H and O–H groups in total. The molecule has 3 rings (SSSR count). The molecule has 2 aromatic heterocycles. The number of non-ortho nitro benzene ring substituents is 1. The quantitative estimate of drug-likeness (QED) is 0.484. The summed E-state index contributed by atoms with van der Waals surface area (Å²) in [5.74, 6) is -1.00. The number of aromatic nitrogens is 1. The van der Waals surface area contributed by atoms with Crippen LogP contribution in [0.4, 0.5) is 10.8 Å². The largest absolute Gasteiger partial charge is 0.343 e. The fraction of sp³-hybridized carbons (Fsp3) is 0.118. The van der Waals surface area contributed by atoms with Gasteiger partial charge in [0.15, 0.2) is 5.13 Å². The van der Waals surface area contributed by atoms with E-state index in [1.54, 1.807) is 11.3 Å². The molecule has 3 aromatic rings. The highest BCUT2D eigenvalue weighted by molar-refractivity contribution is 7.17. The molecule has 138 valence electrons. The van der Waals surface area contributed by atoms with Crippen molar-refractivity contribution in [3.63, 3.8) is 0 Å². The maximum Gasteiger partial charge on any atom is 0.270 e. The number of thiazole rings is 1. The zero-order valence-corrected chi connectivity index (χ0v) is 15.7. The predicted octanol–water partition coefficient (Wildman–Crippen LogP) is 3.46. The number of nitro groups is 1. The summed E-state index contributed by atoms with van der Waals surface area (Å²) >= 11 is 2.91. The number of thiophene rings is 1. The molecule has 0 unspecified atom stereocenters. The smallest absolute Gasteiger partial charge is 0.270 e. The van der Waals surface area contributed by atoms with Gasteiger partial charge in [-0.1, -0.05) is 6.07 Å². The number of carbonyl (C=O) groups is 2. The lowest BCUT2D eigenvalue weighted by molar-refractivity contribution is -0.384. The summed E-state index contributed by atoms with van der Waals surface area (Å²) in [5, 5.41) is 18.1. The second-order valence-corrected chi connectivity index (χ2v) is 7.63. The highest BCUT2D eigenvalue weighted by Gasteiger charge is 2.13. The molecule has 2 heterocycles. The zero-order valence-electron chi connectivity index (χ0n) is 14.1. The Balaban J connectivity index is 1.55. The van der Waals surface area contributed by atoms with Gasteiger partial charge in [0, 0.05) is 28.0 Å². The zero-order chi connectivity index (χ0) is 19.4. The Bertz CT molecular complexity index is 1010. The first-order valence-corrected chi connectivity index (χ1v) is 9.47. The third kappa shape index (κ3) is 4.74. The molecule has 1 aromatic carbocycles. The number of anilines is 1. The minimum atomic E-state index is -0.585. The first-order chi connectivity index (χ1) is 12.9. The number of aryl methyl sites for hydroxylation is 1. The lowest BCUT2D eigenvalue weighted by Crippen LogP contribution is -2.32. The Hall–Kier alpha value is -3.11. The van der Waals surface area contributed by atoms with E-state index in [-0.39, 0.29) is 17.8 Å². The number of benzene rings is 1. The Kier molecular flexibility index (Phi) is 5.57. The van der Waals surface area contributed by atoms with Gasteiger partial charge < -0.3 is 10.6 Å². The highest BCUT2D eigenvalue weighted by Crippen LogP contribution is 2.30. The van der Waals surface area contributed by atoms with Crippen LogP contribution in [0.3, 0.4) is 0 Å². The highest BCUT2D eigenvalue weighted by atomic mass is 32.1. The summed E-state index contributed by atoms with van der Waals surface area (Å²) in [4.78, 5) is 40.8. The summed E-state index contributed by atoms with van der Waals surface area (Å²) in [6, 6.07) is 9.27. The van der Waals surface area contributed by atoms with Crippen LogP contribution in [0, 0.1) is 17.0 Å². The van der Waals surface area contributed by atoms with Crippen LogP contribution in [-0.2, 0) is 4.79 Å². The van der Waals surface area contributed by atoms with Crippen molar-refractivity contribution in [2.75, 3.05) is 11.9 Å². The Labute approximate surface area is 162 Å². The van der Waals surface area contributed by atoms with Gasteiger partial charge in [-0.05, 0) is 25.1 Å². The van der Waals surface area contributed by atoms with E-state index in [1.807, 2.05) is 24.4 Å². The van der Waals surface area contributed by atoms with Crippen molar-refractivity contribution in [1.29, 1.82) is 0 Å². The molecule has 0 aliphatic rings. The molecule has 0 bridgehead atoms. The summed E-state index contributed by atoms with van der Waals surface area (Å²) in [6.45, 7) is 1.74. The predicted molar refractivity (Wildman–Crippen MR) is 104 cm³/mol. The van der Waals surface area contributed by atoms with Crippen LogP contribution < -0.4 is 10.6 Å². The summed E-state index contributed by atoms with van der Waals surface area (Å²) in [5.41, 5.74) is 0.710. The minimum Gasteiger partial charge on any atom is -0.343 e. The van der Waals surface area contributed by atoms with Crippen LogP contribution in [0.2, 0.25) is 0 Å². The molecular formula is C17H14N4O4S2. The topological polar surface area (TPSA) is 114 Å². The molecular weight excluding hydrogens is 388 g/mol. The van der Waals surface area contributed by atoms with Crippen LogP contribution >= 0.6 is 22.7 Å². The Morgan fingerprint density at radius 1 is 1.26 bits per heavy atom. The number of nitrogens with one attached hydrogen (secondary N) is 2. The van der Waals surface area contributed by atoms with Crippen molar-refractivity contribution in [1.82, 2.24) is 10.3 Å². The van der Waals surface area contributed by atoms with Gasteiger partial charge in [-0.2, -0.15) is 0 Å². The van der Waals surface area contributed by atoms with E-state index in [1.165, 1.54) is 34.4 Å². The number of nitro benzene ring substituents is 1. The van der Waals surface area contributed by atoms with Gasteiger partial charge in [0.05, 0.1) is 22.0 Å². The van der Waals surface area contributed by atoms with Gasteiger partial charge in [0.25, 0.3) is 11.6 Å². The van der Waals surface area contributed by atoms with Crippen molar-refractivity contribution >= 4 is 45.3 Å². The molecule has 2 amide bonds. The first kappa shape index (κ1) is 18.7. The van der Waals surface area contributed by atoms with E-state index in [9.17, 15) is 19.7 Å². The van der Waals surface area contributed by atoms with E-state index in [0.29, 0.717) is 5.13 Å². The number of hydrogen-bond donors (Lipinski definition) is 2. The van der Waals surface area contributed by atoms with Crippen molar-refractivity contribution < 1.29 is 14.5 Å². The monoisotopic (exact) mass is 402 g/mol. The van der Waals surface area contributed by atoms with Gasteiger partial charge in [-0.3, -0.25) is 19.7 Å². The average Bonchev–Trinajstić information content (AvgIpc) is 3.28. The number of rotatable bonds is 6. The molecule has 0 radical (unpaired) electrons. The fourth-order valence-electron chi connectivity index (χ4n) is 2.20. The van der Waals surface area contributed by atoms with Crippen molar-refractivity contribution in [3.8, 4) is 10.6 Å². The van der Waals surface area contributed by atoms with Crippen LogP contribution in [0.1, 0.15) is 15.2 Å². The third-order valence-electron chi connectivity index (χ3n) is 3.47. The van der Waals surface area contributed by atoms with E-state index in [2.05, 4.69) is 15.6 Å². The molecule has 0 spiro atoms. The molecule has 0 atom stereocenters. The second kappa shape index (κ2) is 8.06. The van der Waals surface area contributed by atoms with Crippen LogP contribution in [-0.4, -0.2) is 28.3 Å². The van der Waals surface area contributed by atoms with Crippen molar-refractivity contribution in [2.45, 2.75) is 6.92 Å². The average molecular weight is 402 g/mol. The summed E-state index contributed by atoms with van der Waals surface area (Å²) < 4.78 is 0. The number of hydrogen-bond acceptors (Lipinski definition) is 7. The number of nitrogens with zero attached hydrogens (tertiary/aromatic N) is 2. The number of carbonyl (C=O) groups excluding carboxylic acids is 2. The molecule has 27 heavy (non-hydrogen) atoms. The molecule has 8 nitrogen and oxygen atoms in total. The molecule has 0 saturated carbocycles. The maximum atomic E-state index is 12.0. The van der Waals surface area contributed by atoms with Gasteiger partial charge in [0.2, 0.25) is 5.91 Å². The minimum absolute atomic E-state index is 0.113. The van der Waals surface area contributed by atoms with Crippen LogP contribution in [0.25, 0.3) is 10.6 Å². The lowest BCUT2D eigenvalue weighted by atomic mass is 10.2. The normalized spacial score (nSPS) is 10.4. The summed E-state index contributed by atoms with van der Waals surface area (Å²) in [7, 11) is 0. The van der Waals surface area contributed by atoms with Crippen molar-refractivity contribution in [2.24, 2.45) is 0 Å². The van der Waals surface area contributed by atoms with Crippen LogP contribution in [0.15, 0.2) is 41.8 Å². The Morgan fingerprint density at radius 2 is 2.07 bits per heavy atom. The van der Waals surface area contributed by atoms with E-state index >= 15 is 0 Å². The van der Waals surface area contributed by atoms with Gasteiger partial charge in [0.1, 0.15) is 0 Å². The van der Waals surface area contributed by atoms with Gasteiger partial charge in [-0.15, -0.1) is 22.7 Å². The van der Waals surface area contributed by atoms with Crippen LogP contribution in [0.5, 0.6) is 0 Å². The third-order valence-corrected chi connectivity index (χ3v) is 5.25. The first-order valence-electron chi connectivity index (χ1n) is 7.77. The standard InChI is InChI=1S/C17H14N4O4S2/c1-10-5-6-14(27-10)13-9-26-17(19-13)20-15(22)8-18-16(23)11-3-2-4-12(7-11)21(24)25/h2-7,9H,8H2,1H3,(H,18,23)(H,19,20,22). The number of amides is 2. The molecule has 10 heteroatoms. The Morgan fingerprint density at radius 3 is 2.78 bits per heavy atom.